The highest BCUT2D eigenvalue weighted by molar-refractivity contribution is 5.55. The predicted octanol–water partition coefficient (Wildman–Crippen LogP) is 2.89. The molecule has 0 saturated carbocycles. The Labute approximate surface area is 123 Å². The molecule has 3 nitrogen and oxygen atoms in total. The van der Waals surface area contributed by atoms with Crippen molar-refractivity contribution in [1.82, 2.24) is 0 Å². The van der Waals surface area contributed by atoms with Gasteiger partial charge < -0.3 is 15.4 Å². The molecule has 3 atom stereocenters. The van der Waals surface area contributed by atoms with Gasteiger partial charge in [-0.05, 0) is 50.8 Å². The number of hydrogen-bond donors (Lipinski definition) is 1. The van der Waals surface area contributed by atoms with Gasteiger partial charge in [-0.3, -0.25) is 0 Å². The Morgan fingerprint density at radius 2 is 2.15 bits per heavy atom. The molecule has 0 aromatic heterocycles. The quantitative estimate of drug-likeness (QED) is 0.919. The van der Waals surface area contributed by atoms with Crippen LogP contribution in [0.5, 0.6) is 0 Å². The fraction of sp³-hybridized carbons (Fsp3) is 0.647. The van der Waals surface area contributed by atoms with Gasteiger partial charge in [0.15, 0.2) is 0 Å². The SMILES string of the molecule is CCC(N)Cc1ccc(N2CC(C)OCC2C)c(C)c1. The minimum Gasteiger partial charge on any atom is -0.375 e. The lowest BCUT2D eigenvalue weighted by Gasteiger charge is -2.39. The van der Waals surface area contributed by atoms with Crippen LogP contribution in [0.2, 0.25) is 0 Å². The second-order valence-corrected chi connectivity index (χ2v) is 6.14. The van der Waals surface area contributed by atoms with E-state index in [9.17, 15) is 0 Å². The Hall–Kier alpha value is -1.06. The monoisotopic (exact) mass is 276 g/mol. The van der Waals surface area contributed by atoms with Crippen LogP contribution in [0.25, 0.3) is 0 Å². The maximum absolute atomic E-state index is 6.05. The van der Waals surface area contributed by atoms with Crippen molar-refractivity contribution in [2.75, 3.05) is 18.1 Å². The van der Waals surface area contributed by atoms with E-state index in [1.54, 1.807) is 0 Å². The van der Waals surface area contributed by atoms with E-state index >= 15 is 0 Å². The van der Waals surface area contributed by atoms with Crippen LogP contribution in [0.4, 0.5) is 5.69 Å². The molecule has 0 amide bonds. The topological polar surface area (TPSA) is 38.5 Å². The molecule has 2 rings (SSSR count). The van der Waals surface area contributed by atoms with E-state index in [1.807, 2.05) is 0 Å². The van der Waals surface area contributed by atoms with Gasteiger partial charge in [-0.1, -0.05) is 19.1 Å². The molecule has 3 heteroatoms. The van der Waals surface area contributed by atoms with Crippen LogP contribution in [0.3, 0.4) is 0 Å². The lowest BCUT2D eigenvalue weighted by molar-refractivity contribution is 0.0343. The van der Waals surface area contributed by atoms with Crippen molar-refractivity contribution in [3.8, 4) is 0 Å². The third kappa shape index (κ3) is 3.53. The molecule has 1 aromatic rings. The zero-order chi connectivity index (χ0) is 14.7. The Bertz CT molecular complexity index is 447. The summed E-state index contributed by atoms with van der Waals surface area (Å²) in [6.07, 6.45) is 2.30. The number of ether oxygens (including phenoxy) is 1. The summed E-state index contributed by atoms with van der Waals surface area (Å²) in [4.78, 5) is 2.47. The fourth-order valence-corrected chi connectivity index (χ4v) is 2.85. The number of nitrogens with two attached hydrogens (primary N) is 1. The van der Waals surface area contributed by atoms with E-state index in [2.05, 4.69) is 50.8 Å². The summed E-state index contributed by atoms with van der Waals surface area (Å²) in [6, 6.07) is 7.47. The first-order valence-electron chi connectivity index (χ1n) is 7.74. The second kappa shape index (κ2) is 6.59. The van der Waals surface area contributed by atoms with Crippen LogP contribution in [0.15, 0.2) is 18.2 Å². The molecular weight excluding hydrogens is 248 g/mol. The molecule has 0 bridgehead atoms. The van der Waals surface area contributed by atoms with E-state index in [0.717, 1.165) is 26.0 Å². The maximum Gasteiger partial charge on any atom is 0.0723 e. The van der Waals surface area contributed by atoms with Crippen molar-refractivity contribution >= 4 is 5.69 Å². The van der Waals surface area contributed by atoms with Gasteiger partial charge in [0.05, 0.1) is 12.7 Å². The largest absolute Gasteiger partial charge is 0.375 e. The molecule has 0 radical (unpaired) electrons. The zero-order valence-corrected chi connectivity index (χ0v) is 13.2. The summed E-state index contributed by atoms with van der Waals surface area (Å²) in [5.74, 6) is 0. The summed E-state index contributed by atoms with van der Waals surface area (Å²) in [5, 5.41) is 0. The highest BCUT2D eigenvalue weighted by Crippen LogP contribution is 2.26. The number of rotatable bonds is 4. The van der Waals surface area contributed by atoms with E-state index in [0.29, 0.717) is 12.1 Å². The lowest BCUT2D eigenvalue weighted by atomic mass is 10.0. The van der Waals surface area contributed by atoms with Gasteiger partial charge in [0.1, 0.15) is 0 Å². The van der Waals surface area contributed by atoms with Crippen molar-refractivity contribution in [2.45, 2.75) is 58.7 Å². The molecule has 1 fully saturated rings. The van der Waals surface area contributed by atoms with E-state index < -0.39 is 0 Å². The Morgan fingerprint density at radius 3 is 2.80 bits per heavy atom. The minimum absolute atomic E-state index is 0.266. The van der Waals surface area contributed by atoms with Crippen LogP contribution in [0, 0.1) is 6.92 Å². The van der Waals surface area contributed by atoms with Gasteiger partial charge in [-0.25, -0.2) is 0 Å². The average molecular weight is 276 g/mol. The first-order chi connectivity index (χ1) is 9.51. The van der Waals surface area contributed by atoms with Crippen molar-refractivity contribution in [3.05, 3.63) is 29.3 Å². The first kappa shape index (κ1) is 15.3. The van der Waals surface area contributed by atoms with Crippen molar-refractivity contribution in [1.29, 1.82) is 0 Å². The third-order valence-corrected chi connectivity index (χ3v) is 4.20. The van der Waals surface area contributed by atoms with Crippen LogP contribution < -0.4 is 10.6 Å². The highest BCUT2D eigenvalue weighted by atomic mass is 16.5. The summed E-state index contributed by atoms with van der Waals surface area (Å²) >= 11 is 0. The Balaban J connectivity index is 2.16. The van der Waals surface area contributed by atoms with E-state index in [-0.39, 0.29) is 6.04 Å². The van der Waals surface area contributed by atoms with Crippen LogP contribution in [-0.2, 0) is 11.2 Å². The molecule has 1 saturated heterocycles. The normalized spacial score (nSPS) is 24.8. The zero-order valence-electron chi connectivity index (χ0n) is 13.2. The Kier molecular flexibility index (Phi) is 5.06. The second-order valence-electron chi connectivity index (χ2n) is 6.14. The molecule has 2 N–H and O–H groups in total. The number of benzene rings is 1. The van der Waals surface area contributed by atoms with Gasteiger partial charge in [0, 0.05) is 24.3 Å². The molecular formula is C17H28N2O. The van der Waals surface area contributed by atoms with Crippen molar-refractivity contribution in [3.63, 3.8) is 0 Å². The molecule has 1 aromatic carbocycles. The van der Waals surface area contributed by atoms with Gasteiger partial charge in [0.2, 0.25) is 0 Å². The number of hydrogen-bond acceptors (Lipinski definition) is 3. The molecule has 0 spiro atoms. The molecule has 112 valence electrons. The van der Waals surface area contributed by atoms with Crippen LogP contribution in [0.1, 0.15) is 38.3 Å². The number of aryl methyl sites for hydroxylation is 1. The van der Waals surface area contributed by atoms with Crippen molar-refractivity contribution < 1.29 is 4.74 Å². The smallest absolute Gasteiger partial charge is 0.0723 e. The molecule has 1 aliphatic heterocycles. The van der Waals surface area contributed by atoms with E-state index in [4.69, 9.17) is 10.5 Å². The van der Waals surface area contributed by atoms with Gasteiger partial charge in [-0.15, -0.1) is 0 Å². The molecule has 1 heterocycles. The van der Waals surface area contributed by atoms with Gasteiger partial charge in [-0.2, -0.15) is 0 Å². The average Bonchev–Trinajstić information content (AvgIpc) is 2.42. The fourth-order valence-electron chi connectivity index (χ4n) is 2.85. The maximum atomic E-state index is 6.05. The summed E-state index contributed by atoms with van der Waals surface area (Å²) in [5.41, 5.74) is 10.1. The first-order valence-corrected chi connectivity index (χ1v) is 7.74. The predicted molar refractivity (Wildman–Crippen MR) is 85.4 cm³/mol. The summed E-state index contributed by atoms with van der Waals surface area (Å²) in [6.45, 7) is 10.5. The molecule has 0 aliphatic carbocycles. The summed E-state index contributed by atoms with van der Waals surface area (Å²) < 4.78 is 5.71. The third-order valence-electron chi connectivity index (χ3n) is 4.20. The van der Waals surface area contributed by atoms with Crippen molar-refractivity contribution in [2.24, 2.45) is 5.73 Å². The minimum atomic E-state index is 0.266. The molecule has 20 heavy (non-hydrogen) atoms. The highest BCUT2D eigenvalue weighted by Gasteiger charge is 2.24. The molecule has 1 aliphatic rings. The Morgan fingerprint density at radius 1 is 1.40 bits per heavy atom. The summed E-state index contributed by atoms with van der Waals surface area (Å²) in [7, 11) is 0. The van der Waals surface area contributed by atoms with Gasteiger partial charge >= 0.3 is 0 Å². The standard InChI is InChI=1S/C17H28N2O/c1-5-16(18)9-15-6-7-17(12(2)8-15)19-10-14(4)20-11-13(19)3/h6-8,13-14,16H,5,9-11,18H2,1-4H3. The van der Waals surface area contributed by atoms with Crippen LogP contribution >= 0.6 is 0 Å². The van der Waals surface area contributed by atoms with E-state index in [1.165, 1.54) is 16.8 Å². The number of morpholine rings is 1. The van der Waals surface area contributed by atoms with Crippen LogP contribution in [-0.4, -0.2) is 31.3 Å². The molecule has 3 unspecified atom stereocenters. The van der Waals surface area contributed by atoms with Gasteiger partial charge in [0.25, 0.3) is 0 Å². The lowest BCUT2D eigenvalue weighted by Crippen LogP contribution is -2.47. The number of nitrogens with zero attached hydrogens (tertiary/aromatic N) is 1. The number of anilines is 1.